The minimum Gasteiger partial charge on any atom is -0.496 e. The molecule has 0 radical (unpaired) electrons. The largest absolute Gasteiger partial charge is 0.496 e. The van der Waals surface area contributed by atoms with E-state index in [1.807, 2.05) is 0 Å². The van der Waals surface area contributed by atoms with Crippen molar-refractivity contribution in [2.45, 2.75) is 6.61 Å². The normalized spacial score (nSPS) is 10.2. The fourth-order valence-corrected chi connectivity index (χ4v) is 1.92. The molecule has 23 heavy (non-hydrogen) atoms. The van der Waals surface area contributed by atoms with Gasteiger partial charge in [-0.15, -0.1) is 0 Å². The number of methoxy groups -OCH3 is 1. The molecule has 0 saturated heterocycles. The predicted molar refractivity (Wildman–Crippen MR) is 79.6 cm³/mol. The van der Waals surface area contributed by atoms with Crippen LogP contribution in [0.15, 0.2) is 36.4 Å². The lowest BCUT2D eigenvalue weighted by Gasteiger charge is -2.09. The van der Waals surface area contributed by atoms with Crippen molar-refractivity contribution >= 4 is 17.3 Å². The Morgan fingerprint density at radius 2 is 2.04 bits per heavy atom. The predicted octanol–water partition coefficient (Wildman–Crippen LogP) is 2.68. The molecular weight excluding hydrogens is 307 g/mol. The molecule has 8 heteroatoms. The highest BCUT2D eigenvalue weighted by atomic mass is 19.1. The van der Waals surface area contributed by atoms with Crippen molar-refractivity contribution in [3.05, 3.63) is 63.5 Å². The lowest BCUT2D eigenvalue weighted by Crippen LogP contribution is -2.07. The monoisotopic (exact) mass is 320 g/mol. The molecule has 0 saturated carbocycles. The number of nitro benzene ring substituents is 1. The van der Waals surface area contributed by atoms with Gasteiger partial charge in [0.2, 0.25) is 0 Å². The van der Waals surface area contributed by atoms with Crippen molar-refractivity contribution < 1.29 is 23.6 Å². The van der Waals surface area contributed by atoms with Gasteiger partial charge in [0.05, 0.1) is 17.6 Å². The average molecular weight is 320 g/mol. The van der Waals surface area contributed by atoms with Gasteiger partial charge in [-0.1, -0.05) is 0 Å². The summed E-state index contributed by atoms with van der Waals surface area (Å²) >= 11 is 0. The number of nitrogens with zero attached hydrogens (tertiary/aromatic N) is 1. The van der Waals surface area contributed by atoms with E-state index in [0.717, 1.165) is 6.07 Å². The minimum absolute atomic E-state index is 0.0266. The molecule has 0 aliphatic carbocycles. The van der Waals surface area contributed by atoms with Crippen LogP contribution in [-0.2, 0) is 11.3 Å². The lowest BCUT2D eigenvalue weighted by atomic mass is 10.1. The van der Waals surface area contributed by atoms with E-state index in [-0.39, 0.29) is 23.5 Å². The molecule has 7 nitrogen and oxygen atoms in total. The average Bonchev–Trinajstić information content (AvgIpc) is 2.52. The molecule has 0 aliphatic rings. The van der Waals surface area contributed by atoms with E-state index < -0.39 is 16.7 Å². The Hall–Kier alpha value is -3.16. The minimum atomic E-state index is -0.792. The summed E-state index contributed by atoms with van der Waals surface area (Å²) in [5, 5.41) is 10.8. The van der Waals surface area contributed by atoms with E-state index >= 15 is 0 Å². The van der Waals surface area contributed by atoms with Crippen molar-refractivity contribution in [3.63, 3.8) is 0 Å². The number of ether oxygens (including phenoxy) is 2. The number of nitro groups is 1. The van der Waals surface area contributed by atoms with E-state index in [1.165, 1.54) is 37.4 Å². The number of carbonyl (C=O) groups excluding carboxylic acids is 1. The zero-order chi connectivity index (χ0) is 17.0. The van der Waals surface area contributed by atoms with Crippen LogP contribution < -0.4 is 10.5 Å². The van der Waals surface area contributed by atoms with Gasteiger partial charge in [-0.25, -0.2) is 9.18 Å². The Labute approximate surface area is 130 Å². The molecular formula is C15H13FN2O5. The SMILES string of the molecule is COc1ccc(F)cc1COC(=O)c1ccc(N)c([N+](=O)[O-])c1. The van der Waals surface area contributed by atoms with Crippen LogP contribution in [0, 0.1) is 15.9 Å². The van der Waals surface area contributed by atoms with E-state index in [0.29, 0.717) is 11.3 Å². The Bertz CT molecular complexity index is 764. The fourth-order valence-electron chi connectivity index (χ4n) is 1.92. The summed E-state index contributed by atoms with van der Waals surface area (Å²) < 4.78 is 23.3. The van der Waals surface area contributed by atoms with Crippen LogP contribution in [0.3, 0.4) is 0 Å². The molecule has 0 fully saturated rings. The molecule has 0 bridgehead atoms. The van der Waals surface area contributed by atoms with Gasteiger partial charge in [0, 0.05) is 11.6 Å². The zero-order valence-electron chi connectivity index (χ0n) is 12.1. The first kappa shape index (κ1) is 16.2. The second-order valence-electron chi connectivity index (χ2n) is 4.56. The third-order valence-electron chi connectivity index (χ3n) is 3.06. The number of benzene rings is 2. The third kappa shape index (κ3) is 3.73. The van der Waals surface area contributed by atoms with Gasteiger partial charge in [-0.05, 0) is 30.3 Å². The summed E-state index contributed by atoms with van der Waals surface area (Å²) in [6.45, 7) is -0.238. The Kier molecular flexibility index (Phi) is 4.75. The number of carbonyl (C=O) groups is 1. The van der Waals surface area contributed by atoms with Crippen molar-refractivity contribution in [2.75, 3.05) is 12.8 Å². The maximum absolute atomic E-state index is 13.2. The molecule has 0 spiro atoms. The van der Waals surface area contributed by atoms with E-state index in [2.05, 4.69) is 0 Å². The highest BCUT2D eigenvalue weighted by molar-refractivity contribution is 5.91. The summed E-state index contributed by atoms with van der Waals surface area (Å²) in [5.74, 6) is -0.929. The van der Waals surface area contributed by atoms with Gasteiger partial charge in [0.15, 0.2) is 0 Å². The van der Waals surface area contributed by atoms with E-state index in [4.69, 9.17) is 15.2 Å². The maximum Gasteiger partial charge on any atom is 0.338 e. The zero-order valence-corrected chi connectivity index (χ0v) is 12.1. The molecule has 2 aromatic rings. The summed E-state index contributed by atoms with van der Waals surface area (Å²) in [5.41, 5.74) is 5.33. The summed E-state index contributed by atoms with van der Waals surface area (Å²) in [4.78, 5) is 22.1. The van der Waals surface area contributed by atoms with Crippen LogP contribution in [0.1, 0.15) is 15.9 Å². The molecule has 0 amide bonds. The van der Waals surface area contributed by atoms with Gasteiger partial charge in [0.1, 0.15) is 23.9 Å². The first-order valence-electron chi connectivity index (χ1n) is 6.46. The van der Waals surface area contributed by atoms with Gasteiger partial charge < -0.3 is 15.2 Å². The van der Waals surface area contributed by atoms with Crippen molar-refractivity contribution in [3.8, 4) is 5.75 Å². The number of rotatable bonds is 5. The second kappa shape index (κ2) is 6.73. The molecule has 0 atom stereocenters. The van der Waals surface area contributed by atoms with E-state index in [1.54, 1.807) is 0 Å². The number of anilines is 1. The fraction of sp³-hybridized carbons (Fsp3) is 0.133. The Morgan fingerprint density at radius 3 is 2.70 bits per heavy atom. The Balaban J connectivity index is 2.16. The van der Waals surface area contributed by atoms with Crippen molar-refractivity contribution in [2.24, 2.45) is 0 Å². The third-order valence-corrected chi connectivity index (χ3v) is 3.06. The highest BCUT2D eigenvalue weighted by Crippen LogP contribution is 2.24. The van der Waals surface area contributed by atoms with Gasteiger partial charge in [-0.3, -0.25) is 10.1 Å². The molecule has 2 aromatic carbocycles. The smallest absolute Gasteiger partial charge is 0.338 e. The van der Waals surface area contributed by atoms with Crippen LogP contribution in [-0.4, -0.2) is 18.0 Å². The first-order chi connectivity index (χ1) is 10.9. The van der Waals surface area contributed by atoms with Gasteiger partial charge >= 0.3 is 5.97 Å². The van der Waals surface area contributed by atoms with Crippen LogP contribution in [0.25, 0.3) is 0 Å². The number of esters is 1. The quantitative estimate of drug-likeness (QED) is 0.393. The molecule has 0 aromatic heterocycles. The number of hydrogen-bond acceptors (Lipinski definition) is 6. The summed E-state index contributed by atoms with van der Waals surface area (Å²) in [7, 11) is 1.40. The summed E-state index contributed by atoms with van der Waals surface area (Å²) in [6, 6.07) is 7.39. The molecule has 0 unspecified atom stereocenters. The second-order valence-corrected chi connectivity index (χ2v) is 4.56. The standard InChI is InChI=1S/C15H13FN2O5/c1-22-14-5-3-11(16)6-10(14)8-23-15(19)9-2-4-12(17)13(7-9)18(20)21/h2-7H,8,17H2,1H3. The number of nitrogens with two attached hydrogens (primary N) is 1. The number of halogens is 1. The molecule has 120 valence electrons. The number of nitrogen functional groups attached to an aromatic ring is 1. The maximum atomic E-state index is 13.2. The highest BCUT2D eigenvalue weighted by Gasteiger charge is 2.17. The molecule has 0 aliphatic heterocycles. The van der Waals surface area contributed by atoms with Crippen molar-refractivity contribution in [1.82, 2.24) is 0 Å². The molecule has 2 N–H and O–H groups in total. The summed E-state index contributed by atoms with van der Waals surface area (Å²) in [6.07, 6.45) is 0. The topological polar surface area (TPSA) is 105 Å². The molecule has 0 heterocycles. The van der Waals surface area contributed by atoms with Crippen LogP contribution in [0.2, 0.25) is 0 Å². The van der Waals surface area contributed by atoms with E-state index in [9.17, 15) is 19.3 Å². The Morgan fingerprint density at radius 1 is 1.30 bits per heavy atom. The van der Waals surface area contributed by atoms with Crippen LogP contribution >= 0.6 is 0 Å². The van der Waals surface area contributed by atoms with Crippen LogP contribution in [0.4, 0.5) is 15.8 Å². The van der Waals surface area contributed by atoms with Gasteiger partial charge in [0.25, 0.3) is 5.69 Å². The van der Waals surface area contributed by atoms with Gasteiger partial charge in [-0.2, -0.15) is 0 Å². The number of hydrogen-bond donors (Lipinski definition) is 1. The first-order valence-corrected chi connectivity index (χ1v) is 6.46. The lowest BCUT2D eigenvalue weighted by molar-refractivity contribution is -0.383. The van der Waals surface area contributed by atoms with Crippen LogP contribution in [0.5, 0.6) is 5.75 Å². The van der Waals surface area contributed by atoms with Crippen molar-refractivity contribution in [1.29, 1.82) is 0 Å². The molecule has 2 rings (SSSR count).